The molecule has 0 amide bonds. The van der Waals surface area contributed by atoms with Gasteiger partial charge < -0.3 is 5.11 Å². The molecule has 0 aromatic heterocycles. The minimum absolute atomic E-state index is 0.108. The first-order chi connectivity index (χ1) is 9.60. The fraction of sp³-hybridized carbons (Fsp3) is 0.0667. The molecule has 0 aliphatic heterocycles. The Morgan fingerprint density at radius 2 is 1.95 bits per heavy atom. The highest BCUT2D eigenvalue weighted by Crippen LogP contribution is 2.27. The minimum Gasteiger partial charge on any atom is -0.478 e. The minimum atomic E-state index is -1.03. The third-order valence-corrected chi connectivity index (χ3v) is 4.05. The van der Waals surface area contributed by atoms with Gasteiger partial charge in [0.15, 0.2) is 0 Å². The van der Waals surface area contributed by atoms with Crippen LogP contribution >= 0.6 is 23.4 Å². The van der Waals surface area contributed by atoms with Crippen LogP contribution in [0.15, 0.2) is 47.4 Å². The largest absolute Gasteiger partial charge is 0.478 e. The molecule has 0 saturated carbocycles. The summed E-state index contributed by atoms with van der Waals surface area (Å²) in [5.74, 6) is -0.331. The van der Waals surface area contributed by atoms with E-state index in [2.05, 4.69) is 6.07 Å². The molecule has 2 aromatic carbocycles. The van der Waals surface area contributed by atoms with E-state index in [0.717, 1.165) is 10.5 Å². The van der Waals surface area contributed by atoms with Crippen molar-refractivity contribution < 1.29 is 9.90 Å². The van der Waals surface area contributed by atoms with Gasteiger partial charge in [-0.15, -0.1) is 11.8 Å². The predicted molar refractivity (Wildman–Crippen MR) is 79.1 cm³/mol. The van der Waals surface area contributed by atoms with Gasteiger partial charge in [-0.25, -0.2) is 4.79 Å². The number of hydrogen-bond donors (Lipinski definition) is 1. The summed E-state index contributed by atoms with van der Waals surface area (Å²) in [6.45, 7) is 0. The molecule has 0 spiro atoms. The Balaban J connectivity index is 2.09. The average molecular weight is 304 g/mol. The Morgan fingerprint density at radius 1 is 1.25 bits per heavy atom. The standard InChI is InChI=1S/C15H10ClNO2S/c16-14-6-5-12(7-13(14)15(18)19)20-9-11-3-1-10(8-17)2-4-11/h1-7H,9H2,(H,18,19). The molecule has 2 rings (SSSR count). The average Bonchev–Trinajstić information content (AvgIpc) is 2.46. The maximum atomic E-state index is 11.0. The van der Waals surface area contributed by atoms with Crippen molar-refractivity contribution in [3.63, 3.8) is 0 Å². The van der Waals surface area contributed by atoms with Crippen LogP contribution in [0.5, 0.6) is 0 Å². The monoisotopic (exact) mass is 303 g/mol. The SMILES string of the molecule is N#Cc1ccc(CSc2ccc(Cl)c(C(=O)O)c2)cc1. The third-order valence-electron chi connectivity index (χ3n) is 2.66. The van der Waals surface area contributed by atoms with Crippen molar-refractivity contribution in [2.75, 3.05) is 0 Å². The molecule has 2 aromatic rings. The molecular weight excluding hydrogens is 294 g/mol. The lowest BCUT2D eigenvalue weighted by molar-refractivity contribution is 0.0697. The van der Waals surface area contributed by atoms with E-state index in [4.69, 9.17) is 22.0 Å². The van der Waals surface area contributed by atoms with Crippen molar-refractivity contribution in [1.82, 2.24) is 0 Å². The van der Waals surface area contributed by atoms with Crippen LogP contribution in [0.1, 0.15) is 21.5 Å². The van der Waals surface area contributed by atoms with Gasteiger partial charge in [0.1, 0.15) is 0 Å². The molecule has 0 heterocycles. The molecule has 0 atom stereocenters. The number of carboxylic acid groups (broad SMARTS) is 1. The number of nitrogens with zero attached hydrogens (tertiary/aromatic N) is 1. The topological polar surface area (TPSA) is 61.1 Å². The zero-order valence-corrected chi connectivity index (χ0v) is 11.9. The van der Waals surface area contributed by atoms with E-state index >= 15 is 0 Å². The van der Waals surface area contributed by atoms with E-state index in [-0.39, 0.29) is 10.6 Å². The second-order valence-corrected chi connectivity index (χ2v) is 5.50. The number of thioether (sulfide) groups is 1. The van der Waals surface area contributed by atoms with Crippen LogP contribution < -0.4 is 0 Å². The van der Waals surface area contributed by atoms with Crippen LogP contribution in [-0.2, 0) is 5.75 Å². The van der Waals surface area contributed by atoms with Gasteiger partial charge in [0.2, 0.25) is 0 Å². The Morgan fingerprint density at radius 3 is 2.55 bits per heavy atom. The first-order valence-corrected chi connectivity index (χ1v) is 7.11. The summed E-state index contributed by atoms with van der Waals surface area (Å²) in [6, 6.07) is 14.3. The van der Waals surface area contributed by atoms with Crippen molar-refractivity contribution in [2.24, 2.45) is 0 Å². The molecule has 0 saturated heterocycles. The Bertz CT molecular complexity index is 677. The second kappa shape index (κ2) is 6.47. The van der Waals surface area contributed by atoms with Crippen LogP contribution in [-0.4, -0.2) is 11.1 Å². The molecule has 0 bridgehead atoms. The Labute approximate surface area is 125 Å². The molecule has 3 nitrogen and oxygen atoms in total. The van der Waals surface area contributed by atoms with E-state index in [1.165, 1.54) is 11.8 Å². The smallest absolute Gasteiger partial charge is 0.337 e. The van der Waals surface area contributed by atoms with Gasteiger partial charge in [-0.3, -0.25) is 0 Å². The molecule has 0 unspecified atom stereocenters. The lowest BCUT2D eigenvalue weighted by Gasteiger charge is -2.05. The zero-order chi connectivity index (χ0) is 14.5. The van der Waals surface area contributed by atoms with Gasteiger partial charge in [0.05, 0.1) is 22.2 Å². The number of carboxylic acids is 1. The zero-order valence-electron chi connectivity index (χ0n) is 10.3. The third kappa shape index (κ3) is 3.53. The lowest BCUT2D eigenvalue weighted by atomic mass is 10.2. The number of benzene rings is 2. The molecule has 100 valence electrons. The van der Waals surface area contributed by atoms with Crippen LogP contribution in [0.4, 0.5) is 0 Å². The first kappa shape index (κ1) is 14.4. The fourth-order valence-electron chi connectivity index (χ4n) is 1.60. The highest BCUT2D eigenvalue weighted by Gasteiger charge is 2.09. The first-order valence-electron chi connectivity index (χ1n) is 5.75. The molecule has 0 radical (unpaired) electrons. The van der Waals surface area contributed by atoms with Crippen molar-refractivity contribution in [3.05, 3.63) is 64.2 Å². The van der Waals surface area contributed by atoms with Gasteiger partial charge in [-0.05, 0) is 35.9 Å². The molecule has 20 heavy (non-hydrogen) atoms. The van der Waals surface area contributed by atoms with Crippen molar-refractivity contribution in [1.29, 1.82) is 5.26 Å². The molecule has 0 aliphatic rings. The summed E-state index contributed by atoms with van der Waals surface area (Å²) in [4.78, 5) is 11.8. The van der Waals surface area contributed by atoms with Gasteiger partial charge in [-0.2, -0.15) is 5.26 Å². The van der Waals surface area contributed by atoms with Crippen molar-refractivity contribution >= 4 is 29.3 Å². The summed E-state index contributed by atoms with van der Waals surface area (Å²) in [6.07, 6.45) is 0. The van der Waals surface area contributed by atoms with Crippen molar-refractivity contribution in [3.8, 4) is 6.07 Å². The van der Waals surface area contributed by atoms with E-state index in [9.17, 15) is 4.79 Å². The highest BCUT2D eigenvalue weighted by atomic mass is 35.5. The normalized spacial score (nSPS) is 10.0. The fourth-order valence-corrected chi connectivity index (χ4v) is 2.69. The summed E-state index contributed by atoms with van der Waals surface area (Å²) >= 11 is 7.34. The van der Waals surface area contributed by atoms with E-state index < -0.39 is 5.97 Å². The van der Waals surface area contributed by atoms with Gasteiger partial charge >= 0.3 is 5.97 Å². The second-order valence-electron chi connectivity index (χ2n) is 4.04. The van der Waals surface area contributed by atoms with Gasteiger partial charge in [-0.1, -0.05) is 23.7 Å². The number of rotatable bonds is 4. The number of hydrogen-bond acceptors (Lipinski definition) is 3. The number of aromatic carboxylic acids is 1. The molecule has 5 heteroatoms. The van der Waals surface area contributed by atoms with Crippen LogP contribution in [0.2, 0.25) is 5.02 Å². The maximum absolute atomic E-state index is 11.0. The van der Waals surface area contributed by atoms with Crippen LogP contribution in [0.25, 0.3) is 0 Å². The molecular formula is C15H10ClNO2S. The van der Waals surface area contributed by atoms with E-state index in [0.29, 0.717) is 11.3 Å². The Hall–Kier alpha value is -1.96. The van der Waals surface area contributed by atoms with Crippen LogP contribution in [0.3, 0.4) is 0 Å². The van der Waals surface area contributed by atoms with Gasteiger partial charge in [0.25, 0.3) is 0 Å². The number of nitriles is 1. The van der Waals surface area contributed by atoms with E-state index in [1.54, 1.807) is 30.3 Å². The molecule has 0 fully saturated rings. The summed E-state index contributed by atoms with van der Waals surface area (Å²) in [5.41, 5.74) is 1.80. The molecule has 0 aliphatic carbocycles. The Kier molecular flexibility index (Phi) is 4.67. The van der Waals surface area contributed by atoms with Crippen molar-refractivity contribution in [2.45, 2.75) is 10.6 Å². The lowest BCUT2D eigenvalue weighted by Crippen LogP contribution is -1.97. The highest BCUT2D eigenvalue weighted by molar-refractivity contribution is 7.98. The number of carbonyl (C=O) groups is 1. The van der Waals surface area contributed by atoms with Gasteiger partial charge in [0, 0.05) is 10.6 Å². The van der Waals surface area contributed by atoms with E-state index in [1.807, 2.05) is 12.1 Å². The number of halogens is 1. The maximum Gasteiger partial charge on any atom is 0.337 e. The predicted octanol–water partition coefficient (Wildman–Crippen LogP) is 4.20. The molecule has 1 N–H and O–H groups in total. The quantitative estimate of drug-likeness (QED) is 0.860. The summed E-state index contributed by atoms with van der Waals surface area (Å²) < 4.78 is 0. The van der Waals surface area contributed by atoms with Crippen LogP contribution in [0, 0.1) is 11.3 Å². The summed E-state index contributed by atoms with van der Waals surface area (Å²) in [5, 5.41) is 18.0. The summed E-state index contributed by atoms with van der Waals surface area (Å²) in [7, 11) is 0.